The molecule has 15 heavy (non-hydrogen) atoms. The van der Waals surface area contributed by atoms with Gasteiger partial charge in [0.05, 0.1) is 6.61 Å². The Morgan fingerprint density at radius 3 is 2.47 bits per heavy atom. The van der Waals surface area contributed by atoms with Crippen molar-refractivity contribution >= 4 is 5.91 Å². The Morgan fingerprint density at radius 2 is 2.00 bits per heavy atom. The van der Waals surface area contributed by atoms with Crippen LogP contribution in [-0.2, 0) is 9.53 Å². The molecule has 0 saturated carbocycles. The molecule has 0 atom stereocenters. The second kappa shape index (κ2) is 8.44. The first-order valence-electron chi connectivity index (χ1n) is 5.16. The van der Waals surface area contributed by atoms with Crippen molar-refractivity contribution in [3.05, 3.63) is 12.7 Å². The second-order valence-corrected chi connectivity index (χ2v) is 3.68. The van der Waals surface area contributed by atoms with Crippen molar-refractivity contribution in [3.8, 4) is 0 Å². The molecular weight excluding hydrogens is 192 g/mol. The monoisotopic (exact) mass is 214 g/mol. The first-order chi connectivity index (χ1) is 7.11. The van der Waals surface area contributed by atoms with E-state index < -0.39 is 0 Å². The van der Waals surface area contributed by atoms with E-state index in [2.05, 4.69) is 11.5 Å². The van der Waals surface area contributed by atoms with Gasteiger partial charge in [-0.05, 0) is 33.1 Å². The van der Waals surface area contributed by atoms with Gasteiger partial charge in [-0.2, -0.15) is 0 Å². The van der Waals surface area contributed by atoms with Crippen molar-refractivity contribution < 1.29 is 9.53 Å². The lowest BCUT2D eigenvalue weighted by atomic mass is 10.3. The standard InChI is InChI=1S/C11H22N2O2/c1-5-11(14)13(9-10-15-4)8-6-7-12(2)3/h5H,1,6-10H2,2-4H3. The zero-order valence-electron chi connectivity index (χ0n) is 10.0. The molecule has 0 rings (SSSR count). The van der Waals surface area contributed by atoms with Crippen LogP contribution in [-0.4, -0.2) is 63.2 Å². The maximum atomic E-state index is 11.4. The van der Waals surface area contributed by atoms with Crippen LogP contribution < -0.4 is 0 Å². The molecule has 4 nitrogen and oxygen atoms in total. The van der Waals surface area contributed by atoms with Crippen molar-refractivity contribution in [3.63, 3.8) is 0 Å². The summed E-state index contributed by atoms with van der Waals surface area (Å²) < 4.78 is 4.96. The lowest BCUT2D eigenvalue weighted by molar-refractivity contribution is -0.126. The Hall–Kier alpha value is -0.870. The Bertz CT molecular complexity index is 193. The summed E-state index contributed by atoms with van der Waals surface area (Å²) in [5, 5.41) is 0. The van der Waals surface area contributed by atoms with Gasteiger partial charge in [-0.15, -0.1) is 0 Å². The zero-order valence-corrected chi connectivity index (χ0v) is 10.0. The van der Waals surface area contributed by atoms with E-state index in [4.69, 9.17) is 4.74 Å². The van der Waals surface area contributed by atoms with Crippen LogP contribution in [0.15, 0.2) is 12.7 Å². The highest BCUT2D eigenvalue weighted by Crippen LogP contribution is 1.95. The summed E-state index contributed by atoms with van der Waals surface area (Å²) in [6.45, 7) is 6.43. The molecule has 0 spiro atoms. The number of carbonyl (C=O) groups excluding carboxylic acids is 1. The van der Waals surface area contributed by atoms with Gasteiger partial charge in [0.2, 0.25) is 5.91 Å². The van der Waals surface area contributed by atoms with Gasteiger partial charge in [0.15, 0.2) is 0 Å². The van der Waals surface area contributed by atoms with E-state index in [1.807, 2.05) is 14.1 Å². The molecule has 0 bridgehead atoms. The molecule has 88 valence electrons. The Morgan fingerprint density at radius 1 is 1.33 bits per heavy atom. The van der Waals surface area contributed by atoms with E-state index in [-0.39, 0.29) is 5.91 Å². The summed E-state index contributed by atoms with van der Waals surface area (Å²) in [7, 11) is 5.68. The Balaban J connectivity index is 3.89. The minimum Gasteiger partial charge on any atom is -0.383 e. The lowest BCUT2D eigenvalue weighted by Gasteiger charge is -2.21. The first kappa shape index (κ1) is 14.1. The average Bonchev–Trinajstić information content (AvgIpc) is 2.21. The van der Waals surface area contributed by atoms with Crippen LogP contribution in [0.1, 0.15) is 6.42 Å². The van der Waals surface area contributed by atoms with Crippen molar-refractivity contribution in [1.82, 2.24) is 9.80 Å². The van der Waals surface area contributed by atoms with Crippen LogP contribution >= 0.6 is 0 Å². The molecule has 0 heterocycles. The first-order valence-corrected chi connectivity index (χ1v) is 5.16. The molecule has 0 aromatic heterocycles. The van der Waals surface area contributed by atoms with Crippen LogP contribution in [0.3, 0.4) is 0 Å². The highest BCUT2D eigenvalue weighted by atomic mass is 16.5. The van der Waals surface area contributed by atoms with E-state index >= 15 is 0 Å². The van der Waals surface area contributed by atoms with Crippen LogP contribution in [0, 0.1) is 0 Å². The van der Waals surface area contributed by atoms with Crippen molar-refractivity contribution in [1.29, 1.82) is 0 Å². The molecule has 0 fully saturated rings. The summed E-state index contributed by atoms with van der Waals surface area (Å²) in [5.41, 5.74) is 0. The molecular formula is C11H22N2O2. The van der Waals surface area contributed by atoms with Gasteiger partial charge in [-0.1, -0.05) is 6.58 Å². The summed E-state index contributed by atoms with van der Waals surface area (Å²) in [6, 6.07) is 0. The molecule has 0 aliphatic rings. The summed E-state index contributed by atoms with van der Waals surface area (Å²) >= 11 is 0. The maximum Gasteiger partial charge on any atom is 0.246 e. The van der Waals surface area contributed by atoms with Crippen LogP contribution in [0.25, 0.3) is 0 Å². The third-order valence-corrected chi connectivity index (χ3v) is 2.08. The second-order valence-electron chi connectivity index (χ2n) is 3.68. The largest absolute Gasteiger partial charge is 0.383 e. The fourth-order valence-electron chi connectivity index (χ4n) is 1.24. The quantitative estimate of drug-likeness (QED) is 0.555. The highest BCUT2D eigenvalue weighted by Gasteiger charge is 2.08. The third kappa shape index (κ3) is 7.11. The molecule has 0 aromatic carbocycles. The van der Waals surface area contributed by atoms with Crippen molar-refractivity contribution in [2.75, 3.05) is 47.4 Å². The fourth-order valence-corrected chi connectivity index (χ4v) is 1.24. The van der Waals surface area contributed by atoms with Gasteiger partial charge in [0.1, 0.15) is 0 Å². The van der Waals surface area contributed by atoms with E-state index in [9.17, 15) is 4.79 Å². The number of hydrogen-bond acceptors (Lipinski definition) is 3. The van der Waals surface area contributed by atoms with E-state index in [1.54, 1.807) is 12.0 Å². The summed E-state index contributed by atoms with van der Waals surface area (Å²) in [4.78, 5) is 15.3. The van der Waals surface area contributed by atoms with Crippen LogP contribution in [0.2, 0.25) is 0 Å². The van der Waals surface area contributed by atoms with Gasteiger partial charge in [-0.25, -0.2) is 0 Å². The molecule has 0 radical (unpaired) electrons. The normalized spacial score (nSPS) is 10.4. The maximum absolute atomic E-state index is 11.4. The van der Waals surface area contributed by atoms with Gasteiger partial charge < -0.3 is 14.5 Å². The smallest absolute Gasteiger partial charge is 0.246 e. The van der Waals surface area contributed by atoms with Crippen molar-refractivity contribution in [2.45, 2.75) is 6.42 Å². The minimum atomic E-state index is -0.0224. The number of ether oxygens (including phenoxy) is 1. The molecule has 0 unspecified atom stereocenters. The Labute approximate surface area is 92.5 Å². The molecule has 0 aliphatic heterocycles. The van der Waals surface area contributed by atoms with E-state index in [0.29, 0.717) is 13.2 Å². The molecule has 1 amide bonds. The molecule has 0 N–H and O–H groups in total. The van der Waals surface area contributed by atoms with Crippen molar-refractivity contribution in [2.24, 2.45) is 0 Å². The zero-order chi connectivity index (χ0) is 11.7. The summed E-state index contributed by atoms with van der Waals surface area (Å²) in [5.74, 6) is -0.0224. The Kier molecular flexibility index (Phi) is 7.95. The third-order valence-electron chi connectivity index (χ3n) is 2.08. The average molecular weight is 214 g/mol. The van der Waals surface area contributed by atoms with Gasteiger partial charge in [0.25, 0.3) is 0 Å². The minimum absolute atomic E-state index is 0.0224. The van der Waals surface area contributed by atoms with E-state index in [1.165, 1.54) is 6.08 Å². The number of hydrogen-bond donors (Lipinski definition) is 0. The number of rotatable bonds is 8. The van der Waals surface area contributed by atoms with Crippen LogP contribution in [0.4, 0.5) is 0 Å². The SMILES string of the molecule is C=CC(=O)N(CCCN(C)C)CCOC. The van der Waals surface area contributed by atoms with Gasteiger partial charge >= 0.3 is 0 Å². The van der Waals surface area contributed by atoms with E-state index in [0.717, 1.165) is 19.5 Å². The molecule has 0 saturated heterocycles. The highest BCUT2D eigenvalue weighted by molar-refractivity contribution is 5.86. The molecule has 0 aromatic rings. The number of nitrogens with zero attached hydrogens (tertiary/aromatic N) is 2. The molecule has 0 aliphatic carbocycles. The predicted octanol–water partition coefficient (Wildman–Crippen LogP) is 0.599. The number of amides is 1. The van der Waals surface area contributed by atoms with Gasteiger partial charge in [-0.3, -0.25) is 4.79 Å². The lowest BCUT2D eigenvalue weighted by Crippen LogP contribution is -2.34. The fraction of sp³-hybridized carbons (Fsp3) is 0.727. The van der Waals surface area contributed by atoms with Crippen LogP contribution in [0.5, 0.6) is 0 Å². The number of methoxy groups -OCH3 is 1. The van der Waals surface area contributed by atoms with Gasteiger partial charge in [0, 0.05) is 20.2 Å². The topological polar surface area (TPSA) is 32.8 Å². The summed E-state index contributed by atoms with van der Waals surface area (Å²) in [6.07, 6.45) is 2.32. The number of carbonyl (C=O) groups is 1. The molecule has 4 heteroatoms. The predicted molar refractivity (Wildman–Crippen MR) is 61.8 cm³/mol.